The average Bonchev–Trinajstić information content (AvgIpc) is 2.75. The van der Waals surface area contributed by atoms with Gasteiger partial charge in [0.2, 0.25) is 0 Å². The van der Waals surface area contributed by atoms with E-state index in [4.69, 9.17) is 9.47 Å². The van der Waals surface area contributed by atoms with Gasteiger partial charge in [-0.25, -0.2) is 0 Å². The van der Waals surface area contributed by atoms with E-state index in [1.165, 1.54) is 0 Å². The Morgan fingerprint density at radius 1 is 0.828 bits per heavy atom. The number of nitrogens with one attached hydrogen (secondary N) is 1. The summed E-state index contributed by atoms with van der Waals surface area (Å²) in [5, 5.41) is 2.68. The molecule has 0 aromatic heterocycles. The van der Waals surface area contributed by atoms with Crippen molar-refractivity contribution in [3.8, 4) is 16.9 Å². The maximum absolute atomic E-state index is 12.0. The number of ether oxygens (including phenoxy) is 2. The summed E-state index contributed by atoms with van der Waals surface area (Å²) in [7, 11) is 0. The van der Waals surface area contributed by atoms with Crippen molar-refractivity contribution in [1.29, 1.82) is 0 Å². The lowest BCUT2D eigenvalue weighted by atomic mass is 10.0. The molecule has 0 unspecified atom stereocenters. The molecule has 0 aliphatic rings. The van der Waals surface area contributed by atoms with Crippen LogP contribution in [-0.2, 0) is 20.7 Å². The molecular weight excluding hydrogens is 366 g/mol. The molecule has 0 saturated carbocycles. The lowest BCUT2D eigenvalue weighted by molar-refractivity contribution is -0.146. The highest BCUT2D eigenvalue weighted by molar-refractivity contribution is 5.92. The van der Waals surface area contributed by atoms with Crippen LogP contribution in [0.2, 0.25) is 0 Å². The van der Waals surface area contributed by atoms with E-state index >= 15 is 0 Å². The Bertz CT molecular complexity index is 935. The lowest BCUT2D eigenvalue weighted by Crippen LogP contribution is -2.21. The van der Waals surface area contributed by atoms with Crippen molar-refractivity contribution >= 4 is 17.6 Å². The number of carbonyl (C=O) groups is 2. The van der Waals surface area contributed by atoms with Gasteiger partial charge in [0.1, 0.15) is 5.75 Å². The van der Waals surface area contributed by atoms with Crippen molar-refractivity contribution in [2.75, 3.05) is 18.5 Å². The molecule has 0 saturated heterocycles. The number of hydrogen-bond acceptors (Lipinski definition) is 4. The van der Waals surface area contributed by atoms with E-state index in [2.05, 4.69) is 5.32 Å². The first kappa shape index (κ1) is 20.1. The van der Waals surface area contributed by atoms with Crippen molar-refractivity contribution in [2.24, 2.45) is 0 Å². The minimum Gasteiger partial charge on any atom is -0.494 e. The van der Waals surface area contributed by atoms with Crippen LogP contribution in [0.3, 0.4) is 0 Å². The maximum atomic E-state index is 12.0. The van der Waals surface area contributed by atoms with Crippen molar-refractivity contribution in [3.63, 3.8) is 0 Å². The van der Waals surface area contributed by atoms with Crippen LogP contribution in [0, 0.1) is 0 Å². The highest BCUT2D eigenvalue weighted by Crippen LogP contribution is 2.19. The minimum atomic E-state index is -0.445. The SMILES string of the molecule is CCOc1ccc(NC(=O)COC(=O)Cc2ccc(-c3ccccc3)cc2)cc1. The van der Waals surface area contributed by atoms with Crippen LogP contribution in [0.1, 0.15) is 12.5 Å². The minimum absolute atomic E-state index is 0.116. The summed E-state index contributed by atoms with van der Waals surface area (Å²) in [5.41, 5.74) is 3.65. The van der Waals surface area contributed by atoms with Crippen LogP contribution >= 0.6 is 0 Å². The molecule has 3 aromatic carbocycles. The molecule has 148 valence electrons. The summed E-state index contributed by atoms with van der Waals surface area (Å²) in [6.07, 6.45) is 0.116. The molecular formula is C24H23NO4. The fraction of sp³-hybridized carbons (Fsp3) is 0.167. The Morgan fingerprint density at radius 3 is 2.14 bits per heavy atom. The van der Waals surface area contributed by atoms with Gasteiger partial charge in [0.25, 0.3) is 5.91 Å². The van der Waals surface area contributed by atoms with Gasteiger partial charge in [0, 0.05) is 5.69 Å². The van der Waals surface area contributed by atoms with Gasteiger partial charge in [-0.15, -0.1) is 0 Å². The summed E-state index contributed by atoms with van der Waals surface area (Å²) in [6.45, 7) is 2.16. The second-order valence-corrected chi connectivity index (χ2v) is 6.41. The highest BCUT2D eigenvalue weighted by atomic mass is 16.5. The van der Waals surface area contributed by atoms with Gasteiger partial charge in [-0.3, -0.25) is 9.59 Å². The first-order valence-corrected chi connectivity index (χ1v) is 9.47. The number of anilines is 1. The van der Waals surface area contributed by atoms with E-state index in [1.54, 1.807) is 24.3 Å². The van der Waals surface area contributed by atoms with Crippen LogP contribution in [-0.4, -0.2) is 25.1 Å². The average molecular weight is 389 g/mol. The third-order valence-corrected chi connectivity index (χ3v) is 4.22. The number of rotatable bonds is 8. The van der Waals surface area contributed by atoms with Gasteiger partial charge in [-0.2, -0.15) is 0 Å². The van der Waals surface area contributed by atoms with E-state index in [-0.39, 0.29) is 18.9 Å². The maximum Gasteiger partial charge on any atom is 0.310 e. The fourth-order valence-electron chi connectivity index (χ4n) is 2.81. The molecule has 0 bridgehead atoms. The second-order valence-electron chi connectivity index (χ2n) is 6.41. The molecule has 0 heterocycles. The third kappa shape index (κ3) is 6.21. The molecule has 0 aliphatic heterocycles. The van der Waals surface area contributed by atoms with Crippen molar-refractivity contribution < 1.29 is 19.1 Å². The van der Waals surface area contributed by atoms with Gasteiger partial charge in [-0.05, 0) is 47.9 Å². The zero-order valence-corrected chi connectivity index (χ0v) is 16.3. The number of carbonyl (C=O) groups excluding carboxylic acids is 2. The summed E-state index contributed by atoms with van der Waals surface area (Å²) in [4.78, 5) is 24.0. The molecule has 0 aliphatic carbocycles. The Balaban J connectivity index is 1.45. The van der Waals surface area contributed by atoms with Crippen LogP contribution in [0.4, 0.5) is 5.69 Å². The van der Waals surface area contributed by atoms with E-state index in [0.29, 0.717) is 12.3 Å². The third-order valence-electron chi connectivity index (χ3n) is 4.22. The molecule has 0 spiro atoms. The number of benzene rings is 3. The largest absolute Gasteiger partial charge is 0.494 e. The topological polar surface area (TPSA) is 64.6 Å². The molecule has 3 rings (SSSR count). The number of esters is 1. The van der Waals surface area contributed by atoms with Crippen LogP contribution < -0.4 is 10.1 Å². The number of amides is 1. The monoisotopic (exact) mass is 389 g/mol. The van der Waals surface area contributed by atoms with Gasteiger partial charge in [0.05, 0.1) is 13.0 Å². The van der Waals surface area contributed by atoms with E-state index in [1.807, 2.05) is 61.5 Å². The molecule has 5 heteroatoms. The summed E-state index contributed by atoms with van der Waals surface area (Å²) >= 11 is 0. The standard InChI is InChI=1S/C24H23NO4/c1-2-28-22-14-12-21(13-15-22)25-23(26)17-29-24(27)16-18-8-10-20(11-9-18)19-6-4-3-5-7-19/h3-15H,2,16-17H2,1H3,(H,25,26). The lowest BCUT2D eigenvalue weighted by Gasteiger charge is -2.08. The van der Waals surface area contributed by atoms with Gasteiger partial charge < -0.3 is 14.8 Å². The quantitative estimate of drug-likeness (QED) is 0.577. The smallest absolute Gasteiger partial charge is 0.310 e. The molecule has 29 heavy (non-hydrogen) atoms. The normalized spacial score (nSPS) is 10.2. The Kier molecular flexibility index (Phi) is 7.00. The number of hydrogen-bond donors (Lipinski definition) is 1. The fourth-order valence-corrected chi connectivity index (χ4v) is 2.81. The van der Waals surface area contributed by atoms with Crippen LogP contribution in [0.15, 0.2) is 78.9 Å². The van der Waals surface area contributed by atoms with Crippen molar-refractivity contribution in [2.45, 2.75) is 13.3 Å². The molecule has 1 N–H and O–H groups in total. The second kappa shape index (κ2) is 10.1. The first-order valence-electron chi connectivity index (χ1n) is 9.47. The van der Waals surface area contributed by atoms with E-state index < -0.39 is 5.97 Å². The molecule has 1 amide bonds. The Hall–Kier alpha value is -3.60. The van der Waals surface area contributed by atoms with Crippen LogP contribution in [0.5, 0.6) is 5.75 Å². The predicted molar refractivity (Wildman–Crippen MR) is 113 cm³/mol. The van der Waals surface area contributed by atoms with E-state index in [9.17, 15) is 9.59 Å². The Morgan fingerprint density at radius 2 is 1.48 bits per heavy atom. The van der Waals surface area contributed by atoms with Gasteiger partial charge in [0.15, 0.2) is 6.61 Å². The van der Waals surface area contributed by atoms with E-state index in [0.717, 1.165) is 22.4 Å². The highest BCUT2D eigenvalue weighted by Gasteiger charge is 2.09. The zero-order chi connectivity index (χ0) is 20.5. The van der Waals surface area contributed by atoms with Crippen LogP contribution in [0.25, 0.3) is 11.1 Å². The van der Waals surface area contributed by atoms with Gasteiger partial charge in [-0.1, -0.05) is 54.6 Å². The van der Waals surface area contributed by atoms with Crippen molar-refractivity contribution in [3.05, 3.63) is 84.4 Å². The summed E-state index contributed by atoms with van der Waals surface area (Å²) in [5.74, 6) is -0.101. The summed E-state index contributed by atoms with van der Waals surface area (Å²) in [6, 6.07) is 24.7. The summed E-state index contributed by atoms with van der Waals surface area (Å²) < 4.78 is 10.4. The zero-order valence-electron chi connectivity index (χ0n) is 16.3. The molecule has 0 radical (unpaired) electrons. The molecule has 5 nitrogen and oxygen atoms in total. The first-order chi connectivity index (χ1) is 14.1. The van der Waals surface area contributed by atoms with Crippen molar-refractivity contribution in [1.82, 2.24) is 0 Å². The molecule has 0 fully saturated rings. The predicted octanol–water partition coefficient (Wildman–Crippen LogP) is 4.48. The Labute approximate surface area is 170 Å². The van der Waals surface area contributed by atoms with Gasteiger partial charge >= 0.3 is 5.97 Å². The molecule has 0 atom stereocenters. The molecule has 3 aromatic rings.